The predicted molar refractivity (Wildman–Crippen MR) is 294 cm³/mol. The summed E-state index contributed by atoms with van der Waals surface area (Å²) in [7, 11) is 0. The molecule has 2 aliphatic heterocycles. The van der Waals surface area contributed by atoms with Gasteiger partial charge in [0.15, 0.2) is 0 Å². The van der Waals surface area contributed by atoms with Crippen molar-refractivity contribution >= 4 is 80.5 Å². The molecule has 2 heterocycles. The highest BCUT2D eigenvalue weighted by molar-refractivity contribution is 6.40. The van der Waals surface area contributed by atoms with Crippen LogP contribution in [0.3, 0.4) is 0 Å². The average Bonchev–Trinajstić information content (AvgIpc) is 3.37. The summed E-state index contributed by atoms with van der Waals surface area (Å²) >= 11 is 27.3. The van der Waals surface area contributed by atoms with E-state index in [1.54, 1.807) is 0 Å². The lowest BCUT2D eigenvalue weighted by Gasteiger charge is -2.54. The number of rotatable bonds is 3. The fraction of sp³-hybridized carbons (Fsp3) is 0.238. The smallest absolute Gasteiger partial charge is 0.0835 e. The number of fused-ring (bicyclic) bond motifs is 7. The van der Waals surface area contributed by atoms with Crippen LogP contribution in [0.4, 0.5) is 34.1 Å². The van der Waals surface area contributed by atoms with Crippen LogP contribution in [0.2, 0.25) is 20.1 Å². The number of nitrogens with zero attached hydrogens (tertiary/aromatic N) is 2. The first-order valence-corrected chi connectivity index (χ1v) is 26.1. The molecule has 2 atom stereocenters. The Morgan fingerprint density at radius 1 is 0.464 bits per heavy atom. The minimum absolute atomic E-state index is 0.0987. The molecule has 1 spiro atoms. The van der Waals surface area contributed by atoms with E-state index in [1.807, 2.05) is 50.2 Å². The third kappa shape index (κ3) is 6.80. The highest BCUT2D eigenvalue weighted by Gasteiger charge is 2.53. The molecule has 0 aromatic heterocycles. The first-order chi connectivity index (χ1) is 33.4. The van der Waals surface area contributed by atoms with E-state index in [1.165, 1.54) is 92.7 Å². The summed E-state index contributed by atoms with van der Waals surface area (Å²) in [6.07, 6.45) is 5.02. The Labute approximate surface area is 428 Å². The minimum atomic E-state index is -0.461. The molecule has 8 aromatic rings. The number of anilines is 6. The van der Waals surface area contributed by atoms with Crippen molar-refractivity contribution in [2.24, 2.45) is 0 Å². The second-order valence-corrected chi connectivity index (χ2v) is 21.7. The molecule has 2 unspecified atom stereocenters. The molecule has 2 bridgehead atoms. The van der Waals surface area contributed by atoms with E-state index in [0.717, 1.165) is 22.7 Å². The molecule has 8 aromatic carbocycles. The van der Waals surface area contributed by atoms with E-state index in [2.05, 4.69) is 171 Å². The minimum Gasteiger partial charge on any atom is -0.307 e. The fourth-order valence-corrected chi connectivity index (χ4v) is 14.0. The number of hydrogen-bond acceptors (Lipinski definition) is 2. The Morgan fingerprint density at radius 2 is 0.942 bits per heavy atom. The molecule has 0 radical (unpaired) electrons. The molecule has 14 rings (SSSR count). The lowest BCUT2D eigenvalue weighted by Crippen LogP contribution is -2.43. The summed E-state index contributed by atoms with van der Waals surface area (Å²) in [6.45, 7) is 13.2. The van der Waals surface area contributed by atoms with Crippen molar-refractivity contribution in [3.63, 3.8) is 0 Å². The fourth-order valence-electron chi connectivity index (χ4n) is 12.8. The molecule has 2 nitrogen and oxygen atoms in total. The molecule has 6 heteroatoms. The molecule has 1 saturated carbocycles. The molecule has 0 saturated heterocycles. The summed E-state index contributed by atoms with van der Waals surface area (Å²) in [5.74, 6) is 0.926. The molecule has 346 valence electrons. The van der Waals surface area contributed by atoms with E-state index < -0.39 is 5.41 Å². The number of hydrogen-bond donors (Lipinski definition) is 0. The lowest BCUT2D eigenvalue weighted by molar-refractivity contribution is 0.278. The van der Waals surface area contributed by atoms with Gasteiger partial charge in [-0.1, -0.05) is 209 Å². The molecule has 0 N–H and O–H groups in total. The van der Waals surface area contributed by atoms with Gasteiger partial charge in [0.05, 0.1) is 59.6 Å². The standard InChI is InChI=1S/C33H23Cl2N.C28H27Cl2N.C2H6/c1-21-23-13-5-6-15-25(23)33(22-11-3-2-4-12-22)26-16-7-8-19-29(26)36(30-20-9-14-24(21)31(30)33)32-27(34)17-10-18-28(32)35;1-27(2,3)18-10-11-23-20(16-18)28-14-12-17(13-15-28)19-6-4-9-24(25(19)28)31(23)26-21(29)7-5-8-22(26)30;1-2/h2-21H,1H3;4-11,16-17H,12-15H2,1-3H3;1-2H3. The quantitative estimate of drug-likeness (QED) is 0.174. The molecule has 6 aliphatic rings. The zero-order valence-electron chi connectivity index (χ0n) is 40.1. The Kier molecular flexibility index (Phi) is 11.6. The van der Waals surface area contributed by atoms with Gasteiger partial charge in [-0.15, -0.1) is 0 Å². The Bertz CT molecular complexity index is 3250. The van der Waals surface area contributed by atoms with Crippen molar-refractivity contribution in [1.29, 1.82) is 0 Å². The van der Waals surface area contributed by atoms with Gasteiger partial charge in [-0.3, -0.25) is 0 Å². The van der Waals surface area contributed by atoms with Gasteiger partial charge in [0.1, 0.15) is 0 Å². The lowest BCUT2D eigenvalue weighted by atomic mass is 9.53. The highest BCUT2D eigenvalue weighted by Crippen LogP contribution is 2.66. The van der Waals surface area contributed by atoms with Gasteiger partial charge in [-0.2, -0.15) is 0 Å². The van der Waals surface area contributed by atoms with E-state index in [4.69, 9.17) is 46.4 Å². The first-order valence-electron chi connectivity index (χ1n) is 24.6. The zero-order valence-corrected chi connectivity index (χ0v) is 43.1. The maximum absolute atomic E-state index is 6.86. The van der Waals surface area contributed by atoms with Crippen LogP contribution in [0.15, 0.2) is 170 Å². The van der Waals surface area contributed by atoms with Crippen molar-refractivity contribution in [2.75, 3.05) is 9.80 Å². The molecular weight excluding hydrogens is 927 g/mol. The van der Waals surface area contributed by atoms with Gasteiger partial charge >= 0.3 is 0 Å². The zero-order chi connectivity index (χ0) is 48.0. The van der Waals surface area contributed by atoms with Gasteiger partial charge in [0.2, 0.25) is 0 Å². The van der Waals surface area contributed by atoms with Gasteiger partial charge in [0.25, 0.3) is 0 Å². The van der Waals surface area contributed by atoms with Crippen LogP contribution in [-0.4, -0.2) is 0 Å². The molecule has 69 heavy (non-hydrogen) atoms. The van der Waals surface area contributed by atoms with Gasteiger partial charge in [-0.25, -0.2) is 0 Å². The maximum Gasteiger partial charge on any atom is 0.0835 e. The first kappa shape index (κ1) is 45.9. The number of para-hydroxylation sites is 3. The van der Waals surface area contributed by atoms with E-state index >= 15 is 0 Å². The SMILES string of the molecule is CC.CC(C)(C)c1ccc2c(c1)C13CCC(CC1)c1cccc(c13)N2c1c(Cl)cccc1Cl.CC1c2ccccc2C2(c3ccccc3)c3ccccc3N(c3c(Cl)cccc3Cl)c3cccc1c32. The summed E-state index contributed by atoms with van der Waals surface area (Å²) in [5.41, 5.74) is 19.9. The van der Waals surface area contributed by atoms with Crippen molar-refractivity contribution in [3.8, 4) is 0 Å². The largest absolute Gasteiger partial charge is 0.307 e. The summed E-state index contributed by atoms with van der Waals surface area (Å²) < 4.78 is 0. The normalized spacial score (nSPS) is 20.7. The summed E-state index contributed by atoms with van der Waals surface area (Å²) in [5, 5.41) is 2.64. The third-order valence-corrected chi connectivity index (χ3v) is 17.0. The van der Waals surface area contributed by atoms with E-state index in [9.17, 15) is 0 Å². The topological polar surface area (TPSA) is 6.48 Å². The van der Waals surface area contributed by atoms with Gasteiger partial charge in [-0.05, 0) is 141 Å². The second kappa shape index (κ2) is 17.4. The van der Waals surface area contributed by atoms with Crippen LogP contribution in [0.1, 0.15) is 135 Å². The summed E-state index contributed by atoms with van der Waals surface area (Å²) in [4.78, 5) is 4.60. The Morgan fingerprint density at radius 3 is 1.55 bits per heavy atom. The van der Waals surface area contributed by atoms with Crippen molar-refractivity contribution in [2.45, 2.75) is 95.3 Å². The van der Waals surface area contributed by atoms with Crippen LogP contribution in [0, 0.1) is 0 Å². The third-order valence-electron chi connectivity index (χ3n) is 15.8. The van der Waals surface area contributed by atoms with E-state index in [-0.39, 0.29) is 16.7 Å². The number of benzene rings is 8. The number of halogens is 4. The van der Waals surface area contributed by atoms with Gasteiger partial charge in [0, 0.05) is 11.3 Å². The van der Waals surface area contributed by atoms with Crippen LogP contribution < -0.4 is 9.80 Å². The highest BCUT2D eigenvalue weighted by atomic mass is 35.5. The van der Waals surface area contributed by atoms with Crippen LogP contribution in [0.5, 0.6) is 0 Å². The molecule has 0 amide bonds. The van der Waals surface area contributed by atoms with E-state index in [0.29, 0.717) is 26.0 Å². The Balaban J connectivity index is 0.000000147. The second-order valence-electron chi connectivity index (χ2n) is 20.1. The Hall–Kier alpha value is -5.48. The van der Waals surface area contributed by atoms with Crippen LogP contribution >= 0.6 is 46.4 Å². The average molecular weight is 983 g/mol. The maximum atomic E-state index is 6.86. The van der Waals surface area contributed by atoms with Crippen LogP contribution in [0.25, 0.3) is 0 Å². The van der Waals surface area contributed by atoms with Crippen molar-refractivity contribution in [1.82, 2.24) is 0 Å². The van der Waals surface area contributed by atoms with Gasteiger partial charge < -0.3 is 9.80 Å². The predicted octanol–water partition coefficient (Wildman–Crippen LogP) is 19.7. The van der Waals surface area contributed by atoms with Crippen LogP contribution in [-0.2, 0) is 16.2 Å². The molecule has 1 fully saturated rings. The van der Waals surface area contributed by atoms with Crippen molar-refractivity contribution in [3.05, 3.63) is 246 Å². The van der Waals surface area contributed by atoms with Crippen molar-refractivity contribution < 1.29 is 0 Å². The monoisotopic (exact) mass is 980 g/mol. The molecular formula is C63H56Cl4N2. The molecule has 4 aliphatic carbocycles. The summed E-state index contributed by atoms with van der Waals surface area (Å²) in [6, 6.07) is 60.7.